The zero-order chi connectivity index (χ0) is 19.3. The Bertz CT molecular complexity index is 891. The van der Waals surface area contributed by atoms with E-state index in [2.05, 4.69) is 33.7 Å². The van der Waals surface area contributed by atoms with Crippen LogP contribution in [0.5, 0.6) is 11.5 Å². The Morgan fingerprint density at radius 1 is 1.14 bits per heavy atom. The quantitative estimate of drug-likeness (QED) is 0.703. The van der Waals surface area contributed by atoms with E-state index >= 15 is 0 Å². The lowest BCUT2D eigenvalue weighted by molar-refractivity contribution is 0.258. The summed E-state index contributed by atoms with van der Waals surface area (Å²) >= 11 is 0. The van der Waals surface area contributed by atoms with Crippen molar-refractivity contribution in [1.82, 2.24) is 15.5 Å². The Kier molecular flexibility index (Phi) is 5.58. The van der Waals surface area contributed by atoms with Crippen molar-refractivity contribution < 1.29 is 14.0 Å². The van der Waals surface area contributed by atoms with Crippen molar-refractivity contribution in [2.24, 2.45) is 0 Å². The summed E-state index contributed by atoms with van der Waals surface area (Å²) in [6.45, 7) is 5.53. The molecule has 1 unspecified atom stereocenters. The molecule has 0 amide bonds. The van der Waals surface area contributed by atoms with Crippen molar-refractivity contribution >= 4 is 0 Å². The van der Waals surface area contributed by atoms with Gasteiger partial charge in [0.15, 0.2) is 6.61 Å². The van der Waals surface area contributed by atoms with Gasteiger partial charge in [-0.05, 0) is 61.6 Å². The fraction of sp³-hybridized carbons (Fsp3) is 0.364. The predicted molar refractivity (Wildman–Crippen MR) is 105 cm³/mol. The molecule has 2 aromatic carbocycles. The largest absolute Gasteiger partial charge is 0.492 e. The smallest absolute Gasteiger partial charge is 0.240 e. The molecule has 0 spiro atoms. The molecule has 6 nitrogen and oxygen atoms in total. The van der Waals surface area contributed by atoms with Gasteiger partial charge in [0.05, 0.1) is 6.54 Å². The zero-order valence-corrected chi connectivity index (χ0v) is 16.3. The van der Waals surface area contributed by atoms with Crippen LogP contribution in [0.1, 0.15) is 34.8 Å². The average molecular weight is 379 g/mol. The van der Waals surface area contributed by atoms with E-state index in [1.165, 1.54) is 16.7 Å². The van der Waals surface area contributed by atoms with Crippen LogP contribution in [0.3, 0.4) is 0 Å². The average Bonchev–Trinajstić information content (AvgIpc) is 3.03. The maximum Gasteiger partial charge on any atom is 0.240 e. The van der Waals surface area contributed by atoms with Crippen LogP contribution in [0.15, 0.2) is 47.0 Å². The fourth-order valence-corrected chi connectivity index (χ4v) is 3.43. The maximum absolute atomic E-state index is 5.91. The lowest BCUT2D eigenvalue weighted by Gasteiger charge is -2.14. The number of nitrogens with zero attached hydrogens (tertiary/aromatic N) is 2. The van der Waals surface area contributed by atoms with E-state index in [1.54, 1.807) is 0 Å². The van der Waals surface area contributed by atoms with E-state index in [0.29, 0.717) is 24.9 Å². The lowest BCUT2D eigenvalue weighted by atomic mass is 10.1. The molecule has 1 aliphatic heterocycles. The summed E-state index contributed by atoms with van der Waals surface area (Å²) in [4.78, 5) is 4.41. The summed E-state index contributed by atoms with van der Waals surface area (Å²) in [6.07, 6.45) is 2.00. The highest BCUT2D eigenvalue weighted by Crippen LogP contribution is 2.23. The van der Waals surface area contributed by atoms with Crippen LogP contribution in [0.4, 0.5) is 0 Å². The first-order valence-electron chi connectivity index (χ1n) is 9.62. The zero-order valence-electron chi connectivity index (χ0n) is 16.3. The molecule has 0 bridgehead atoms. The van der Waals surface area contributed by atoms with E-state index in [1.807, 2.05) is 38.1 Å². The molecule has 1 N–H and O–H groups in total. The highest BCUT2D eigenvalue weighted by molar-refractivity contribution is 5.34. The van der Waals surface area contributed by atoms with E-state index in [4.69, 9.17) is 14.0 Å². The summed E-state index contributed by atoms with van der Waals surface area (Å²) in [5.41, 5.74) is 3.59. The van der Waals surface area contributed by atoms with Gasteiger partial charge >= 0.3 is 0 Å². The Morgan fingerprint density at radius 2 is 1.96 bits per heavy atom. The minimum absolute atomic E-state index is 0.245. The molecule has 0 aliphatic carbocycles. The van der Waals surface area contributed by atoms with Crippen molar-refractivity contribution in [2.45, 2.75) is 45.9 Å². The molecule has 1 aliphatic rings. The van der Waals surface area contributed by atoms with Gasteiger partial charge < -0.3 is 19.3 Å². The van der Waals surface area contributed by atoms with Gasteiger partial charge in [0.1, 0.15) is 18.1 Å². The summed E-state index contributed by atoms with van der Waals surface area (Å²) < 4.78 is 17.0. The van der Waals surface area contributed by atoms with Gasteiger partial charge in [-0.25, -0.2) is 0 Å². The number of hydrogen-bond donors (Lipinski definition) is 1. The van der Waals surface area contributed by atoms with Crippen LogP contribution >= 0.6 is 0 Å². The molecular weight excluding hydrogens is 354 g/mol. The first kappa shape index (κ1) is 18.5. The van der Waals surface area contributed by atoms with Crippen molar-refractivity contribution in [1.29, 1.82) is 0 Å². The first-order chi connectivity index (χ1) is 13.7. The van der Waals surface area contributed by atoms with E-state index in [0.717, 1.165) is 24.3 Å². The van der Waals surface area contributed by atoms with Gasteiger partial charge in [-0.2, -0.15) is 4.98 Å². The third-order valence-electron chi connectivity index (χ3n) is 4.79. The Hall–Kier alpha value is -2.86. The van der Waals surface area contributed by atoms with E-state index in [9.17, 15) is 0 Å². The molecule has 0 saturated carbocycles. The summed E-state index contributed by atoms with van der Waals surface area (Å²) in [6, 6.07) is 14.6. The number of aryl methyl sites for hydroxylation is 3. The van der Waals surface area contributed by atoms with Crippen molar-refractivity contribution in [3.63, 3.8) is 0 Å². The van der Waals surface area contributed by atoms with Crippen LogP contribution in [0, 0.1) is 13.8 Å². The van der Waals surface area contributed by atoms with Crippen molar-refractivity contribution in [3.05, 3.63) is 70.9 Å². The standard InChI is InChI=1S/C22H25N3O3/c1-15-9-16(2)11-19(10-15)26-14-21-24-22(28-25-21)12-23-18-8-7-17-5-3-4-6-20(17)27-13-18/h3-6,9-11,18,23H,7-8,12-14H2,1-2H3. The predicted octanol–water partition coefficient (Wildman–Crippen LogP) is 3.75. The molecule has 1 aromatic heterocycles. The number of hydrogen-bond acceptors (Lipinski definition) is 6. The molecule has 0 fully saturated rings. The van der Waals surface area contributed by atoms with Crippen LogP contribution < -0.4 is 14.8 Å². The molecule has 146 valence electrons. The third kappa shape index (κ3) is 4.70. The lowest BCUT2D eigenvalue weighted by Crippen LogP contribution is -2.33. The van der Waals surface area contributed by atoms with E-state index in [-0.39, 0.29) is 12.6 Å². The van der Waals surface area contributed by atoms with Crippen LogP contribution in [-0.2, 0) is 19.6 Å². The topological polar surface area (TPSA) is 69.4 Å². The highest BCUT2D eigenvalue weighted by atomic mass is 16.5. The van der Waals surface area contributed by atoms with Crippen LogP contribution in [-0.4, -0.2) is 22.8 Å². The number of benzene rings is 2. The SMILES string of the molecule is Cc1cc(C)cc(OCc2noc(CNC3CCc4ccccc4OC3)n2)c1. The maximum atomic E-state index is 5.91. The third-order valence-corrected chi connectivity index (χ3v) is 4.79. The first-order valence-corrected chi connectivity index (χ1v) is 9.62. The molecule has 0 radical (unpaired) electrons. The van der Waals surface area contributed by atoms with Gasteiger partial charge in [0.2, 0.25) is 11.7 Å². The molecule has 1 atom stereocenters. The van der Waals surface area contributed by atoms with Crippen molar-refractivity contribution in [3.8, 4) is 11.5 Å². The summed E-state index contributed by atoms with van der Waals surface area (Å²) in [5, 5.41) is 7.46. The molecule has 4 rings (SSSR count). The van der Waals surface area contributed by atoms with Crippen molar-refractivity contribution in [2.75, 3.05) is 6.61 Å². The van der Waals surface area contributed by atoms with Crippen LogP contribution in [0.25, 0.3) is 0 Å². The highest BCUT2D eigenvalue weighted by Gasteiger charge is 2.17. The normalized spacial score (nSPS) is 16.1. The number of rotatable bonds is 6. The molecule has 0 saturated heterocycles. The van der Waals surface area contributed by atoms with Gasteiger partial charge in [-0.1, -0.05) is 29.4 Å². The number of para-hydroxylation sites is 1. The number of aromatic nitrogens is 2. The van der Waals surface area contributed by atoms with Gasteiger partial charge in [-0.3, -0.25) is 0 Å². The summed E-state index contributed by atoms with van der Waals surface area (Å²) in [7, 11) is 0. The second-order valence-corrected chi connectivity index (χ2v) is 7.25. The minimum Gasteiger partial charge on any atom is -0.492 e. The second kappa shape index (κ2) is 8.44. The van der Waals surface area contributed by atoms with Gasteiger partial charge in [0.25, 0.3) is 0 Å². The van der Waals surface area contributed by atoms with Gasteiger partial charge in [-0.15, -0.1) is 0 Å². The Labute approximate surface area is 164 Å². The molecule has 3 aromatic rings. The molecule has 28 heavy (non-hydrogen) atoms. The number of fused-ring (bicyclic) bond motifs is 1. The fourth-order valence-electron chi connectivity index (χ4n) is 3.43. The molecule has 6 heteroatoms. The molecular formula is C22H25N3O3. The van der Waals surface area contributed by atoms with Crippen LogP contribution in [0.2, 0.25) is 0 Å². The monoisotopic (exact) mass is 379 g/mol. The summed E-state index contributed by atoms with van der Waals surface area (Å²) in [5.74, 6) is 2.90. The Balaban J connectivity index is 1.27. The molecule has 2 heterocycles. The minimum atomic E-state index is 0.245. The number of nitrogens with one attached hydrogen (secondary N) is 1. The second-order valence-electron chi connectivity index (χ2n) is 7.25. The van der Waals surface area contributed by atoms with Gasteiger partial charge in [0, 0.05) is 6.04 Å². The number of ether oxygens (including phenoxy) is 2. The Morgan fingerprint density at radius 3 is 2.82 bits per heavy atom. The van der Waals surface area contributed by atoms with E-state index < -0.39 is 0 Å².